The van der Waals surface area contributed by atoms with Crippen LogP contribution < -0.4 is 10.6 Å². The molecule has 0 fully saturated rings. The first kappa shape index (κ1) is 19.4. The average molecular weight is 376 g/mol. The van der Waals surface area contributed by atoms with Crippen LogP contribution in [0.2, 0.25) is 0 Å². The number of benzene rings is 2. The summed E-state index contributed by atoms with van der Waals surface area (Å²) in [4.78, 5) is 21.1. The maximum Gasteiger partial charge on any atom is 0.340 e. The van der Waals surface area contributed by atoms with Crippen LogP contribution in [0.15, 0.2) is 48.5 Å². The molecule has 2 aromatic carbocycles. The highest BCUT2D eigenvalue weighted by Gasteiger charge is 2.13. The first-order valence-corrected chi connectivity index (χ1v) is 9.19. The number of carbonyl (C=O) groups excluding carboxylic acids is 1. The fourth-order valence-electron chi connectivity index (χ4n) is 2.90. The van der Waals surface area contributed by atoms with E-state index in [9.17, 15) is 4.79 Å². The normalized spacial score (nSPS) is 10.4. The largest absolute Gasteiger partial charge is 0.462 e. The number of nitrogens with one attached hydrogen (secondary N) is 2. The van der Waals surface area contributed by atoms with Gasteiger partial charge in [-0.3, -0.25) is 0 Å². The predicted octanol–water partition coefficient (Wildman–Crippen LogP) is 5.07. The molecular formula is C22H24N4O2. The number of hydrogen-bond donors (Lipinski definition) is 2. The van der Waals surface area contributed by atoms with E-state index in [2.05, 4.69) is 46.6 Å². The van der Waals surface area contributed by atoms with Gasteiger partial charge in [0.05, 0.1) is 17.9 Å². The monoisotopic (exact) mass is 376 g/mol. The second-order valence-corrected chi connectivity index (χ2v) is 6.52. The minimum Gasteiger partial charge on any atom is -0.462 e. The SMILES string of the molecule is CCOC(=O)c1ccccc1Nc1cc(Nc2ccc(C)cc2C)nc(C)n1. The first-order chi connectivity index (χ1) is 13.5. The summed E-state index contributed by atoms with van der Waals surface area (Å²) in [7, 11) is 0. The number of esters is 1. The summed E-state index contributed by atoms with van der Waals surface area (Å²) < 4.78 is 5.13. The average Bonchev–Trinajstić information content (AvgIpc) is 2.64. The number of para-hydroxylation sites is 1. The number of anilines is 4. The molecule has 0 aliphatic heterocycles. The van der Waals surface area contributed by atoms with Crippen molar-refractivity contribution in [2.45, 2.75) is 27.7 Å². The predicted molar refractivity (Wildman–Crippen MR) is 112 cm³/mol. The lowest BCUT2D eigenvalue weighted by Gasteiger charge is -2.14. The van der Waals surface area contributed by atoms with E-state index in [1.165, 1.54) is 5.56 Å². The van der Waals surface area contributed by atoms with Gasteiger partial charge in [0.1, 0.15) is 17.5 Å². The number of aryl methyl sites for hydroxylation is 3. The smallest absolute Gasteiger partial charge is 0.340 e. The molecule has 0 saturated heterocycles. The van der Waals surface area contributed by atoms with Gasteiger partial charge in [-0.1, -0.05) is 29.8 Å². The zero-order valence-corrected chi connectivity index (χ0v) is 16.5. The van der Waals surface area contributed by atoms with Gasteiger partial charge in [0.15, 0.2) is 0 Å². The minimum atomic E-state index is -0.370. The van der Waals surface area contributed by atoms with Crippen LogP contribution in [0.1, 0.15) is 34.2 Å². The highest BCUT2D eigenvalue weighted by atomic mass is 16.5. The summed E-state index contributed by atoms with van der Waals surface area (Å²) in [5.41, 5.74) is 4.43. The van der Waals surface area contributed by atoms with Crippen LogP contribution in [0.3, 0.4) is 0 Å². The Bertz CT molecular complexity index is 1000. The molecule has 0 spiro atoms. The van der Waals surface area contributed by atoms with Gasteiger partial charge >= 0.3 is 5.97 Å². The van der Waals surface area contributed by atoms with Gasteiger partial charge in [-0.15, -0.1) is 0 Å². The van der Waals surface area contributed by atoms with Gasteiger partial charge in [-0.25, -0.2) is 14.8 Å². The number of rotatable bonds is 6. The Hall–Kier alpha value is -3.41. The molecule has 0 saturated carbocycles. The standard InChI is InChI=1S/C22H24N4O2/c1-5-28-22(27)17-8-6-7-9-19(17)26-21-13-20(23-16(4)24-21)25-18-11-10-14(2)12-15(18)3/h6-13H,5H2,1-4H3,(H2,23,24,25,26). The number of aromatic nitrogens is 2. The van der Waals surface area contributed by atoms with Crippen LogP contribution in [-0.4, -0.2) is 22.5 Å². The molecule has 0 aliphatic rings. The maximum absolute atomic E-state index is 12.2. The third kappa shape index (κ3) is 4.65. The summed E-state index contributed by atoms with van der Waals surface area (Å²) in [6, 6.07) is 15.2. The fraction of sp³-hybridized carbons (Fsp3) is 0.227. The Morgan fingerprint density at radius 2 is 1.61 bits per heavy atom. The van der Waals surface area contributed by atoms with E-state index in [1.54, 1.807) is 19.1 Å². The Labute approximate surface area is 165 Å². The van der Waals surface area contributed by atoms with Gasteiger partial charge in [0, 0.05) is 11.8 Å². The molecule has 0 aliphatic carbocycles. The molecule has 0 radical (unpaired) electrons. The quantitative estimate of drug-likeness (QED) is 0.585. The van der Waals surface area contributed by atoms with Gasteiger partial charge in [-0.2, -0.15) is 0 Å². The fourth-order valence-corrected chi connectivity index (χ4v) is 2.90. The third-order valence-electron chi connectivity index (χ3n) is 4.17. The molecule has 28 heavy (non-hydrogen) atoms. The van der Waals surface area contributed by atoms with Gasteiger partial charge < -0.3 is 15.4 Å². The molecule has 3 aromatic rings. The van der Waals surface area contributed by atoms with Gasteiger partial charge in [0.25, 0.3) is 0 Å². The molecule has 3 rings (SSSR count). The molecular weight excluding hydrogens is 352 g/mol. The zero-order chi connectivity index (χ0) is 20.1. The Balaban J connectivity index is 1.87. The summed E-state index contributed by atoms with van der Waals surface area (Å²) >= 11 is 0. The van der Waals surface area contributed by atoms with Crippen LogP contribution in [0, 0.1) is 20.8 Å². The maximum atomic E-state index is 12.2. The van der Waals surface area contributed by atoms with E-state index in [1.807, 2.05) is 31.2 Å². The molecule has 2 N–H and O–H groups in total. The van der Waals surface area contributed by atoms with E-state index in [4.69, 9.17) is 4.74 Å². The Morgan fingerprint density at radius 1 is 0.929 bits per heavy atom. The van der Waals surface area contributed by atoms with Crippen LogP contribution in [-0.2, 0) is 4.74 Å². The summed E-state index contributed by atoms with van der Waals surface area (Å²) in [5, 5.41) is 6.55. The zero-order valence-electron chi connectivity index (χ0n) is 16.5. The van der Waals surface area contributed by atoms with Crippen molar-refractivity contribution < 1.29 is 9.53 Å². The van der Waals surface area contributed by atoms with Crippen molar-refractivity contribution in [1.29, 1.82) is 0 Å². The van der Waals surface area contributed by atoms with E-state index in [0.717, 1.165) is 11.3 Å². The van der Waals surface area contributed by atoms with Crippen LogP contribution in [0.4, 0.5) is 23.0 Å². The summed E-state index contributed by atoms with van der Waals surface area (Å²) in [6.45, 7) is 8.05. The first-order valence-electron chi connectivity index (χ1n) is 9.19. The van der Waals surface area contributed by atoms with E-state index in [0.29, 0.717) is 35.3 Å². The molecule has 0 bridgehead atoms. The van der Waals surface area contributed by atoms with Crippen LogP contribution >= 0.6 is 0 Å². The molecule has 0 atom stereocenters. The van der Waals surface area contributed by atoms with E-state index < -0.39 is 0 Å². The van der Waals surface area contributed by atoms with Crippen molar-refractivity contribution in [3.63, 3.8) is 0 Å². The number of nitrogens with zero attached hydrogens (tertiary/aromatic N) is 2. The second kappa shape index (κ2) is 8.52. The van der Waals surface area contributed by atoms with Crippen LogP contribution in [0.25, 0.3) is 0 Å². The topological polar surface area (TPSA) is 76.1 Å². The van der Waals surface area contributed by atoms with Crippen LogP contribution in [0.5, 0.6) is 0 Å². The van der Waals surface area contributed by atoms with Crippen molar-refractivity contribution in [3.8, 4) is 0 Å². The Kier molecular flexibility index (Phi) is 5.89. The van der Waals surface area contributed by atoms with Crippen molar-refractivity contribution in [2.24, 2.45) is 0 Å². The second-order valence-electron chi connectivity index (χ2n) is 6.52. The van der Waals surface area contributed by atoms with Crippen molar-refractivity contribution in [3.05, 3.63) is 71.0 Å². The van der Waals surface area contributed by atoms with Crippen molar-refractivity contribution >= 4 is 29.0 Å². The molecule has 1 aromatic heterocycles. The van der Waals surface area contributed by atoms with Crippen molar-refractivity contribution in [1.82, 2.24) is 9.97 Å². The highest BCUT2D eigenvalue weighted by Crippen LogP contribution is 2.25. The number of hydrogen-bond acceptors (Lipinski definition) is 6. The van der Waals surface area contributed by atoms with E-state index in [-0.39, 0.29) is 5.97 Å². The lowest BCUT2D eigenvalue weighted by Crippen LogP contribution is -2.09. The number of ether oxygens (including phenoxy) is 1. The lowest BCUT2D eigenvalue weighted by atomic mass is 10.1. The van der Waals surface area contributed by atoms with Gasteiger partial charge in [-0.05, 0) is 51.5 Å². The lowest BCUT2D eigenvalue weighted by molar-refractivity contribution is 0.0527. The molecule has 0 amide bonds. The Morgan fingerprint density at radius 3 is 2.29 bits per heavy atom. The third-order valence-corrected chi connectivity index (χ3v) is 4.17. The minimum absolute atomic E-state index is 0.323. The molecule has 6 nitrogen and oxygen atoms in total. The highest BCUT2D eigenvalue weighted by molar-refractivity contribution is 5.96. The molecule has 0 unspecified atom stereocenters. The molecule has 6 heteroatoms. The number of carbonyl (C=O) groups is 1. The van der Waals surface area contributed by atoms with E-state index >= 15 is 0 Å². The summed E-state index contributed by atoms with van der Waals surface area (Å²) in [5.74, 6) is 1.52. The molecule has 144 valence electrons. The molecule has 1 heterocycles. The van der Waals surface area contributed by atoms with Crippen molar-refractivity contribution in [2.75, 3.05) is 17.2 Å². The summed E-state index contributed by atoms with van der Waals surface area (Å²) in [6.07, 6.45) is 0. The van der Waals surface area contributed by atoms with Gasteiger partial charge in [0.2, 0.25) is 0 Å².